The Balaban J connectivity index is 1.59. The van der Waals surface area contributed by atoms with Crippen molar-refractivity contribution in [1.82, 2.24) is 10.2 Å². The molecule has 2 aliphatic heterocycles. The fourth-order valence-electron chi connectivity index (χ4n) is 3.37. The van der Waals surface area contributed by atoms with Crippen LogP contribution in [-0.2, 0) is 26.0 Å². The number of sulfone groups is 1. The molecular weight excluding hydrogens is 344 g/mol. The second kappa shape index (κ2) is 7.03. The van der Waals surface area contributed by atoms with Crippen LogP contribution in [0.4, 0.5) is 0 Å². The predicted molar refractivity (Wildman–Crippen MR) is 91.7 cm³/mol. The van der Waals surface area contributed by atoms with Gasteiger partial charge in [0.1, 0.15) is 5.75 Å². The molecular formula is C17H22N2O5S. The van der Waals surface area contributed by atoms with Crippen molar-refractivity contribution in [2.24, 2.45) is 5.92 Å². The van der Waals surface area contributed by atoms with Crippen molar-refractivity contribution in [3.05, 3.63) is 29.8 Å². The van der Waals surface area contributed by atoms with Gasteiger partial charge in [0.05, 0.1) is 24.5 Å². The molecule has 7 nitrogen and oxygen atoms in total. The number of methoxy groups -OCH3 is 1. The summed E-state index contributed by atoms with van der Waals surface area (Å²) in [4.78, 5) is 26.3. The molecule has 0 aliphatic carbocycles. The molecule has 0 radical (unpaired) electrons. The van der Waals surface area contributed by atoms with E-state index in [1.165, 1.54) is 0 Å². The summed E-state index contributed by atoms with van der Waals surface area (Å²) in [6.45, 7) is 0.729. The third kappa shape index (κ3) is 4.12. The molecule has 2 heterocycles. The number of nitrogens with one attached hydrogen (secondary N) is 1. The summed E-state index contributed by atoms with van der Waals surface area (Å²) in [7, 11) is -1.46. The zero-order valence-corrected chi connectivity index (χ0v) is 14.9. The van der Waals surface area contributed by atoms with Crippen LogP contribution in [0.25, 0.3) is 0 Å². The van der Waals surface area contributed by atoms with E-state index in [0.717, 1.165) is 5.56 Å². The summed E-state index contributed by atoms with van der Waals surface area (Å²) < 4.78 is 28.3. The minimum atomic E-state index is -3.04. The lowest BCUT2D eigenvalue weighted by molar-refractivity contribution is -0.129. The van der Waals surface area contributed by atoms with Gasteiger partial charge in [0, 0.05) is 31.1 Å². The Morgan fingerprint density at radius 1 is 1.36 bits per heavy atom. The van der Waals surface area contributed by atoms with E-state index in [9.17, 15) is 18.0 Å². The zero-order chi connectivity index (χ0) is 18.0. The van der Waals surface area contributed by atoms with Crippen LogP contribution in [0.15, 0.2) is 24.3 Å². The summed E-state index contributed by atoms with van der Waals surface area (Å²) in [6.07, 6.45) is 0.597. The average molecular weight is 366 g/mol. The van der Waals surface area contributed by atoms with Crippen molar-refractivity contribution in [1.29, 1.82) is 0 Å². The molecule has 2 unspecified atom stereocenters. The minimum absolute atomic E-state index is 0.00959. The lowest BCUT2D eigenvalue weighted by Gasteiger charge is -2.19. The van der Waals surface area contributed by atoms with Crippen molar-refractivity contribution >= 4 is 21.7 Å². The lowest BCUT2D eigenvalue weighted by Crippen LogP contribution is -2.40. The molecule has 8 heteroatoms. The Morgan fingerprint density at radius 3 is 2.80 bits per heavy atom. The molecule has 2 saturated heterocycles. The number of carbonyl (C=O) groups is 2. The number of ether oxygens (including phenoxy) is 1. The summed E-state index contributed by atoms with van der Waals surface area (Å²) >= 11 is 0. The van der Waals surface area contributed by atoms with Crippen LogP contribution in [0, 0.1) is 5.92 Å². The maximum absolute atomic E-state index is 12.4. The number of para-hydroxylation sites is 1. The Hall–Kier alpha value is -2.09. The molecule has 1 N–H and O–H groups in total. The predicted octanol–water partition coefficient (Wildman–Crippen LogP) is 0.347. The van der Waals surface area contributed by atoms with Gasteiger partial charge in [0.15, 0.2) is 9.84 Å². The van der Waals surface area contributed by atoms with Gasteiger partial charge in [-0.25, -0.2) is 8.42 Å². The Labute approximate surface area is 147 Å². The van der Waals surface area contributed by atoms with E-state index in [4.69, 9.17) is 4.74 Å². The Bertz CT molecular complexity index is 777. The van der Waals surface area contributed by atoms with Gasteiger partial charge < -0.3 is 15.0 Å². The highest BCUT2D eigenvalue weighted by atomic mass is 32.2. The van der Waals surface area contributed by atoms with Crippen molar-refractivity contribution in [3.63, 3.8) is 0 Å². The van der Waals surface area contributed by atoms with Crippen LogP contribution < -0.4 is 10.1 Å². The van der Waals surface area contributed by atoms with Crippen LogP contribution in [0.1, 0.15) is 18.4 Å². The van der Waals surface area contributed by atoms with Gasteiger partial charge in [0.25, 0.3) is 0 Å². The van der Waals surface area contributed by atoms with Crippen molar-refractivity contribution in [2.75, 3.05) is 25.2 Å². The monoisotopic (exact) mass is 366 g/mol. The van der Waals surface area contributed by atoms with Gasteiger partial charge in [-0.1, -0.05) is 18.2 Å². The van der Waals surface area contributed by atoms with Gasteiger partial charge >= 0.3 is 0 Å². The molecule has 1 aromatic carbocycles. The van der Waals surface area contributed by atoms with E-state index in [0.29, 0.717) is 25.3 Å². The highest BCUT2D eigenvalue weighted by molar-refractivity contribution is 7.91. The quantitative estimate of drug-likeness (QED) is 0.812. The van der Waals surface area contributed by atoms with Crippen LogP contribution in [0.3, 0.4) is 0 Å². The molecule has 2 fully saturated rings. The number of benzene rings is 1. The third-order valence-corrected chi connectivity index (χ3v) is 6.49. The van der Waals surface area contributed by atoms with Crippen LogP contribution in [0.2, 0.25) is 0 Å². The van der Waals surface area contributed by atoms with Gasteiger partial charge in [-0.3, -0.25) is 9.59 Å². The smallest absolute Gasteiger partial charge is 0.225 e. The van der Waals surface area contributed by atoms with Crippen molar-refractivity contribution in [2.45, 2.75) is 25.4 Å². The molecule has 2 aliphatic rings. The number of rotatable bonds is 5. The van der Waals surface area contributed by atoms with Crippen molar-refractivity contribution in [3.8, 4) is 5.75 Å². The fourth-order valence-corrected chi connectivity index (χ4v) is 5.04. The number of carbonyl (C=O) groups excluding carboxylic acids is 2. The summed E-state index contributed by atoms with van der Waals surface area (Å²) in [5.41, 5.74) is 0.890. The summed E-state index contributed by atoms with van der Waals surface area (Å²) in [5, 5.41) is 2.78. The SMILES string of the molecule is COc1ccccc1CN1CC(C(=O)NC2CCS(=O)(=O)C2)CC1=O. The van der Waals surface area contributed by atoms with E-state index in [1.54, 1.807) is 12.0 Å². The molecule has 25 heavy (non-hydrogen) atoms. The molecule has 1 aromatic rings. The number of hydrogen-bond donors (Lipinski definition) is 1. The average Bonchev–Trinajstić information content (AvgIpc) is 3.10. The van der Waals surface area contributed by atoms with Gasteiger partial charge in [-0.2, -0.15) is 0 Å². The highest BCUT2D eigenvalue weighted by Crippen LogP contribution is 2.25. The Morgan fingerprint density at radius 2 is 2.12 bits per heavy atom. The standard InChI is InChI=1S/C17H22N2O5S/c1-24-15-5-3-2-4-12(15)9-19-10-13(8-16(19)20)17(21)18-14-6-7-25(22,23)11-14/h2-5,13-14H,6-11H2,1H3,(H,18,21). The van der Waals surface area contributed by atoms with Crippen LogP contribution >= 0.6 is 0 Å². The number of nitrogens with zero attached hydrogens (tertiary/aromatic N) is 1. The largest absolute Gasteiger partial charge is 0.496 e. The van der Waals surface area contributed by atoms with Gasteiger partial charge in [0.2, 0.25) is 11.8 Å². The normalized spacial score (nSPS) is 25.2. The number of hydrogen-bond acceptors (Lipinski definition) is 5. The van der Waals surface area contributed by atoms with Crippen LogP contribution in [-0.4, -0.2) is 56.3 Å². The van der Waals surface area contributed by atoms with E-state index in [2.05, 4.69) is 5.32 Å². The second-order valence-corrected chi connectivity index (χ2v) is 8.82. The maximum Gasteiger partial charge on any atom is 0.225 e. The molecule has 2 amide bonds. The summed E-state index contributed by atoms with van der Waals surface area (Å²) in [5.74, 6) is 0.0548. The number of amides is 2. The zero-order valence-electron chi connectivity index (χ0n) is 14.1. The number of likely N-dealkylation sites (tertiary alicyclic amines) is 1. The fraction of sp³-hybridized carbons (Fsp3) is 0.529. The maximum atomic E-state index is 12.4. The highest BCUT2D eigenvalue weighted by Gasteiger charge is 2.37. The third-order valence-electron chi connectivity index (χ3n) is 4.72. The topological polar surface area (TPSA) is 92.8 Å². The first kappa shape index (κ1) is 17.7. The Kier molecular flexibility index (Phi) is 4.99. The van der Waals surface area contributed by atoms with Crippen molar-refractivity contribution < 1.29 is 22.7 Å². The van der Waals surface area contributed by atoms with Gasteiger partial charge in [-0.15, -0.1) is 0 Å². The molecule has 0 aromatic heterocycles. The lowest BCUT2D eigenvalue weighted by atomic mass is 10.1. The minimum Gasteiger partial charge on any atom is -0.496 e. The van der Waals surface area contributed by atoms with E-state index >= 15 is 0 Å². The van der Waals surface area contributed by atoms with E-state index in [-0.39, 0.29) is 35.8 Å². The summed E-state index contributed by atoms with van der Waals surface area (Å²) in [6, 6.07) is 7.13. The first-order valence-electron chi connectivity index (χ1n) is 8.28. The second-order valence-electron chi connectivity index (χ2n) is 6.60. The van der Waals surface area contributed by atoms with Gasteiger partial charge in [-0.05, 0) is 12.5 Å². The molecule has 0 saturated carbocycles. The van der Waals surface area contributed by atoms with E-state index < -0.39 is 15.8 Å². The first-order valence-corrected chi connectivity index (χ1v) is 10.1. The molecule has 136 valence electrons. The van der Waals surface area contributed by atoms with E-state index in [1.807, 2.05) is 24.3 Å². The first-order chi connectivity index (χ1) is 11.9. The molecule has 0 bridgehead atoms. The van der Waals surface area contributed by atoms with Crippen LogP contribution in [0.5, 0.6) is 5.75 Å². The molecule has 2 atom stereocenters. The molecule has 3 rings (SSSR count). The molecule has 0 spiro atoms.